The highest BCUT2D eigenvalue weighted by Gasteiger charge is 2.57. The zero-order valence-electron chi connectivity index (χ0n) is 10.3. The fourth-order valence-electron chi connectivity index (χ4n) is 2.28. The maximum Gasteiger partial charge on any atom is 0.194 e. The largest absolute Gasteiger partial charge is 0.350 e. The van der Waals surface area contributed by atoms with Crippen LogP contribution in [0.25, 0.3) is 0 Å². The molecule has 1 N–H and O–H groups in total. The lowest BCUT2D eigenvalue weighted by atomic mass is 10.1. The molecular formula is C13H17FIN3. The molecule has 0 bridgehead atoms. The van der Waals surface area contributed by atoms with Gasteiger partial charge in [0, 0.05) is 20.0 Å². The molecule has 1 aromatic carbocycles. The van der Waals surface area contributed by atoms with Gasteiger partial charge in [-0.3, -0.25) is 4.99 Å². The highest BCUT2D eigenvalue weighted by molar-refractivity contribution is 14.0. The summed E-state index contributed by atoms with van der Waals surface area (Å²) in [6, 6.07) is 9.23. The van der Waals surface area contributed by atoms with Gasteiger partial charge in [0.2, 0.25) is 0 Å². The smallest absolute Gasteiger partial charge is 0.194 e. The van der Waals surface area contributed by atoms with E-state index in [2.05, 4.69) is 10.3 Å². The lowest BCUT2D eigenvalue weighted by molar-refractivity contribution is 0.299. The second-order valence-corrected chi connectivity index (χ2v) is 4.76. The lowest BCUT2D eigenvalue weighted by Gasteiger charge is -2.16. The first-order valence-electron chi connectivity index (χ1n) is 5.97. The molecular weight excluding hydrogens is 344 g/mol. The lowest BCUT2D eigenvalue weighted by Crippen LogP contribution is -2.38. The maximum absolute atomic E-state index is 14.5. The molecule has 0 amide bonds. The van der Waals surface area contributed by atoms with Crippen molar-refractivity contribution in [2.75, 3.05) is 20.1 Å². The number of alkyl halides is 1. The summed E-state index contributed by atoms with van der Waals surface area (Å²) in [5.41, 5.74) is -0.452. The van der Waals surface area contributed by atoms with E-state index in [9.17, 15) is 4.39 Å². The molecule has 0 saturated heterocycles. The molecule has 3 nitrogen and oxygen atoms in total. The first-order valence-corrected chi connectivity index (χ1v) is 5.97. The van der Waals surface area contributed by atoms with E-state index >= 15 is 0 Å². The monoisotopic (exact) mass is 361 g/mol. The molecule has 0 aromatic heterocycles. The van der Waals surface area contributed by atoms with Crippen molar-refractivity contribution in [1.82, 2.24) is 10.2 Å². The number of rotatable bonds is 2. The molecule has 1 saturated carbocycles. The van der Waals surface area contributed by atoms with Gasteiger partial charge < -0.3 is 10.2 Å². The first kappa shape index (κ1) is 13.6. The Morgan fingerprint density at radius 2 is 2.11 bits per heavy atom. The number of aliphatic imine (C=N–C) groups is 1. The molecule has 2 aliphatic rings. The Hall–Kier alpha value is -0.850. The fourth-order valence-corrected chi connectivity index (χ4v) is 2.28. The molecule has 1 aliphatic carbocycles. The molecule has 0 spiro atoms. The molecule has 18 heavy (non-hydrogen) atoms. The second-order valence-electron chi connectivity index (χ2n) is 4.76. The van der Waals surface area contributed by atoms with Gasteiger partial charge in [0.05, 0.1) is 12.6 Å². The number of nitrogens with zero attached hydrogens (tertiary/aromatic N) is 2. The van der Waals surface area contributed by atoms with E-state index in [1.165, 1.54) is 0 Å². The van der Waals surface area contributed by atoms with Crippen molar-refractivity contribution in [2.45, 2.75) is 18.1 Å². The maximum atomic E-state index is 14.5. The van der Waals surface area contributed by atoms with Crippen LogP contribution in [0.4, 0.5) is 4.39 Å². The number of likely N-dealkylation sites (N-methyl/N-ethyl adjacent to an activating group) is 1. The van der Waals surface area contributed by atoms with Crippen molar-refractivity contribution in [2.24, 2.45) is 4.99 Å². The minimum absolute atomic E-state index is 0. The van der Waals surface area contributed by atoms with Gasteiger partial charge in [-0.25, -0.2) is 4.39 Å². The summed E-state index contributed by atoms with van der Waals surface area (Å²) in [5, 5.41) is 3.19. The average molecular weight is 361 g/mol. The van der Waals surface area contributed by atoms with E-state index in [0.717, 1.165) is 24.6 Å². The van der Waals surface area contributed by atoms with E-state index in [1.54, 1.807) is 0 Å². The van der Waals surface area contributed by atoms with E-state index in [-0.39, 0.29) is 30.0 Å². The second kappa shape index (κ2) is 5.03. The van der Waals surface area contributed by atoms with Crippen LogP contribution in [-0.2, 0) is 5.67 Å². The van der Waals surface area contributed by atoms with Crippen LogP contribution >= 0.6 is 24.0 Å². The zero-order chi connectivity index (χ0) is 11.9. The molecule has 2 atom stereocenters. The summed E-state index contributed by atoms with van der Waals surface area (Å²) in [7, 11) is 1.98. The molecule has 1 aromatic rings. The predicted molar refractivity (Wildman–Crippen MR) is 81.1 cm³/mol. The van der Waals surface area contributed by atoms with Gasteiger partial charge >= 0.3 is 0 Å². The minimum atomic E-state index is -1.22. The third-order valence-electron chi connectivity index (χ3n) is 3.51. The van der Waals surface area contributed by atoms with Crippen molar-refractivity contribution in [3.05, 3.63) is 35.9 Å². The Bertz CT molecular complexity index is 451. The highest BCUT2D eigenvalue weighted by Crippen LogP contribution is 2.49. The Morgan fingerprint density at radius 1 is 1.39 bits per heavy atom. The summed E-state index contributed by atoms with van der Waals surface area (Å²) in [5.74, 6) is 0.824. The molecule has 0 radical (unpaired) electrons. The van der Waals surface area contributed by atoms with Crippen LogP contribution in [0.1, 0.15) is 12.0 Å². The van der Waals surface area contributed by atoms with Crippen molar-refractivity contribution in [3.8, 4) is 0 Å². The van der Waals surface area contributed by atoms with Crippen LogP contribution < -0.4 is 5.32 Å². The number of hydrogen-bond donors (Lipinski definition) is 1. The standard InChI is InChI=1S/C13H16FN3.HI/c1-17-8-7-15-12(17)16-11-9-13(11,14)10-5-3-2-4-6-10;/h2-6,11H,7-9H2,1H3,(H,15,16);1H. The molecule has 1 fully saturated rings. The quantitative estimate of drug-likeness (QED) is 0.818. The molecule has 3 rings (SSSR count). The minimum Gasteiger partial charge on any atom is -0.350 e. The van der Waals surface area contributed by atoms with Crippen molar-refractivity contribution in [3.63, 3.8) is 0 Å². The van der Waals surface area contributed by atoms with Crippen LogP contribution in [0, 0.1) is 0 Å². The highest BCUT2D eigenvalue weighted by atomic mass is 127. The summed E-state index contributed by atoms with van der Waals surface area (Å²) in [6.07, 6.45) is 0.532. The normalized spacial score (nSPS) is 29.6. The number of guanidine groups is 1. The van der Waals surface area contributed by atoms with E-state index < -0.39 is 5.67 Å². The van der Waals surface area contributed by atoms with E-state index in [0.29, 0.717) is 6.42 Å². The van der Waals surface area contributed by atoms with Gasteiger partial charge in [-0.05, 0) is 5.56 Å². The van der Waals surface area contributed by atoms with E-state index in [4.69, 9.17) is 0 Å². The number of benzene rings is 1. The van der Waals surface area contributed by atoms with Gasteiger partial charge in [0.25, 0.3) is 0 Å². The van der Waals surface area contributed by atoms with Crippen molar-refractivity contribution in [1.29, 1.82) is 0 Å². The molecule has 1 aliphatic heterocycles. The van der Waals surface area contributed by atoms with E-state index in [1.807, 2.05) is 42.3 Å². The molecule has 2 unspecified atom stereocenters. The molecule has 5 heteroatoms. The average Bonchev–Trinajstić information content (AvgIpc) is 2.83. The van der Waals surface area contributed by atoms with Crippen LogP contribution in [0.15, 0.2) is 35.3 Å². The summed E-state index contributed by atoms with van der Waals surface area (Å²) in [6.45, 7) is 1.72. The van der Waals surface area contributed by atoms with Gasteiger partial charge in [0.1, 0.15) is 0 Å². The Labute approximate surface area is 123 Å². The van der Waals surface area contributed by atoms with Crippen LogP contribution in [0.2, 0.25) is 0 Å². The Kier molecular flexibility index (Phi) is 3.79. The summed E-state index contributed by atoms with van der Waals surface area (Å²) in [4.78, 5) is 6.35. The zero-order valence-corrected chi connectivity index (χ0v) is 12.6. The SMILES string of the molecule is CN1CCN=C1NC1CC1(F)c1ccccc1.I. The third-order valence-corrected chi connectivity index (χ3v) is 3.51. The number of nitrogens with one attached hydrogen (secondary N) is 1. The molecule has 1 heterocycles. The van der Waals surface area contributed by atoms with Crippen LogP contribution in [-0.4, -0.2) is 37.0 Å². The predicted octanol–water partition coefficient (Wildman–Crippen LogP) is 2.13. The van der Waals surface area contributed by atoms with Gasteiger partial charge in [-0.1, -0.05) is 30.3 Å². The third kappa shape index (κ3) is 2.32. The van der Waals surface area contributed by atoms with Crippen molar-refractivity contribution >= 4 is 29.9 Å². The summed E-state index contributed by atoms with van der Waals surface area (Å²) < 4.78 is 14.5. The molecule has 98 valence electrons. The Balaban J connectivity index is 0.00000120. The topological polar surface area (TPSA) is 27.6 Å². The van der Waals surface area contributed by atoms with Gasteiger partial charge in [0.15, 0.2) is 11.6 Å². The first-order chi connectivity index (χ1) is 8.20. The van der Waals surface area contributed by atoms with Gasteiger partial charge in [-0.2, -0.15) is 0 Å². The van der Waals surface area contributed by atoms with Gasteiger partial charge in [-0.15, -0.1) is 24.0 Å². The summed E-state index contributed by atoms with van der Waals surface area (Å²) >= 11 is 0. The Morgan fingerprint density at radius 3 is 2.72 bits per heavy atom. The number of hydrogen-bond acceptors (Lipinski definition) is 3. The van der Waals surface area contributed by atoms with Crippen molar-refractivity contribution < 1.29 is 4.39 Å². The van der Waals surface area contributed by atoms with Crippen LogP contribution in [0.3, 0.4) is 0 Å². The number of halogens is 2. The fraction of sp³-hybridized carbons (Fsp3) is 0.462. The van der Waals surface area contributed by atoms with Crippen LogP contribution in [0.5, 0.6) is 0 Å².